The number of pyridine rings is 1. The number of methoxy groups -OCH3 is 1. The summed E-state index contributed by atoms with van der Waals surface area (Å²) in [6.45, 7) is 7.13. The van der Waals surface area contributed by atoms with Gasteiger partial charge in [0.05, 0.1) is 30.1 Å². The highest BCUT2D eigenvalue weighted by Gasteiger charge is 2.62. The second-order valence-corrected chi connectivity index (χ2v) is 15.1. The maximum atomic E-state index is 14.0. The molecule has 12 nitrogen and oxygen atoms in total. The maximum absolute atomic E-state index is 14.0. The first kappa shape index (κ1) is 33.4. The van der Waals surface area contributed by atoms with E-state index in [4.69, 9.17) is 14.5 Å². The van der Waals surface area contributed by atoms with Gasteiger partial charge in [-0.2, -0.15) is 0 Å². The van der Waals surface area contributed by atoms with Gasteiger partial charge in [0.15, 0.2) is 0 Å². The number of hydrogen-bond acceptors (Lipinski definition) is 9. The van der Waals surface area contributed by atoms with Crippen molar-refractivity contribution < 1.29 is 37.4 Å². The summed E-state index contributed by atoms with van der Waals surface area (Å²) >= 11 is 0. The fraction of sp³-hybridized carbons (Fsp3) is 0.429. The molecule has 0 spiro atoms. The molecule has 2 aromatic carbocycles. The number of rotatable bonds is 12. The summed E-state index contributed by atoms with van der Waals surface area (Å²) in [6.07, 6.45) is 0.620. The molecule has 3 aliphatic rings. The van der Waals surface area contributed by atoms with Crippen LogP contribution in [-0.4, -0.2) is 83.8 Å². The van der Waals surface area contributed by atoms with Gasteiger partial charge >= 0.3 is 0 Å². The van der Waals surface area contributed by atoms with Gasteiger partial charge in [0, 0.05) is 35.4 Å². The van der Waals surface area contributed by atoms with Crippen molar-refractivity contribution >= 4 is 38.6 Å². The zero-order chi connectivity index (χ0) is 34.4. The highest BCUT2D eigenvalue weighted by atomic mass is 32.2. The number of sulfonamides is 1. The molecule has 3 fully saturated rings. The largest absolute Gasteiger partial charge is 0.497 e. The van der Waals surface area contributed by atoms with E-state index in [1.807, 2.05) is 42.5 Å². The fourth-order valence-corrected chi connectivity index (χ4v) is 7.55. The van der Waals surface area contributed by atoms with Crippen LogP contribution in [0.1, 0.15) is 39.5 Å². The van der Waals surface area contributed by atoms with Gasteiger partial charge in [-0.3, -0.25) is 19.1 Å². The number of fused-ring (bicyclic) bond motifs is 1. The Labute approximate surface area is 279 Å². The van der Waals surface area contributed by atoms with Gasteiger partial charge in [0.1, 0.15) is 35.3 Å². The Hall–Kier alpha value is -4.49. The van der Waals surface area contributed by atoms with E-state index < -0.39 is 68.6 Å². The predicted octanol–water partition coefficient (Wildman–Crippen LogP) is 2.94. The topological polar surface area (TPSA) is 164 Å². The lowest BCUT2D eigenvalue weighted by Gasteiger charge is -2.28. The van der Waals surface area contributed by atoms with Crippen LogP contribution in [0.15, 0.2) is 67.3 Å². The Bertz CT molecular complexity index is 1860. The van der Waals surface area contributed by atoms with E-state index >= 15 is 0 Å². The SMILES string of the molecule is C=C[C@@H]1C[C@]1(NC(=O)[C@@H]1C[C@H](Oc2cc(-c3ccccc3)nc3cc(OC)ccc23)CN1C(=O)[C@@H](O)C(C)C)C(=O)NS(=O)(=O)C1CC1. The molecule has 254 valence electrons. The number of nitrogens with one attached hydrogen (secondary N) is 2. The second kappa shape index (κ2) is 12.8. The number of aliphatic hydroxyl groups excluding tert-OH is 1. The number of carbonyl (C=O) groups excluding carboxylic acids is 3. The van der Waals surface area contributed by atoms with Crippen molar-refractivity contribution in [1.29, 1.82) is 0 Å². The number of ether oxygens (including phenoxy) is 2. The van der Waals surface area contributed by atoms with Gasteiger partial charge < -0.3 is 24.8 Å². The molecule has 6 rings (SSSR count). The molecule has 5 atom stereocenters. The molecule has 2 heterocycles. The number of carbonyl (C=O) groups is 3. The average Bonchev–Trinajstić information content (AvgIpc) is 4.00. The summed E-state index contributed by atoms with van der Waals surface area (Å²) in [6, 6.07) is 15.7. The molecule has 0 bridgehead atoms. The van der Waals surface area contributed by atoms with Gasteiger partial charge in [0.25, 0.3) is 11.8 Å². The molecule has 1 saturated heterocycles. The van der Waals surface area contributed by atoms with Crippen LogP contribution in [0.3, 0.4) is 0 Å². The lowest BCUT2D eigenvalue weighted by atomic mass is 10.1. The Morgan fingerprint density at radius 1 is 1.12 bits per heavy atom. The fourth-order valence-electron chi connectivity index (χ4n) is 6.19. The Morgan fingerprint density at radius 2 is 1.85 bits per heavy atom. The monoisotopic (exact) mass is 676 g/mol. The first-order chi connectivity index (χ1) is 22.9. The second-order valence-electron chi connectivity index (χ2n) is 13.1. The molecule has 0 unspecified atom stereocenters. The zero-order valence-corrected chi connectivity index (χ0v) is 27.9. The number of hydrogen-bond donors (Lipinski definition) is 3. The van der Waals surface area contributed by atoms with Gasteiger partial charge in [-0.05, 0) is 37.3 Å². The molecule has 13 heteroatoms. The molecule has 1 aromatic heterocycles. The lowest BCUT2D eigenvalue weighted by Crippen LogP contribution is -2.57. The number of amides is 3. The van der Waals surface area contributed by atoms with Crippen LogP contribution in [0.25, 0.3) is 22.2 Å². The van der Waals surface area contributed by atoms with Crippen molar-refractivity contribution in [2.24, 2.45) is 11.8 Å². The van der Waals surface area contributed by atoms with E-state index in [9.17, 15) is 27.9 Å². The Kier molecular flexibility index (Phi) is 8.94. The summed E-state index contributed by atoms with van der Waals surface area (Å²) in [5, 5.41) is 13.6. The van der Waals surface area contributed by atoms with Crippen LogP contribution in [0.5, 0.6) is 11.5 Å². The number of benzene rings is 2. The maximum Gasteiger partial charge on any atom is 0.259 e. The standard InChI is InChI=1S/C35H40N4O8S/c1-5-22-18-35(22,34(43)38-48(44,45)25-12-13-25)37-32(41)29-16-24(19-39(29)33(42)31(40)20(2)3)47-30-17-27(21-9-7-6-8-10-21)36-28-15-23(46-4)11-14-26(28)30/h5-11,14-15,17,20,22,24-25,29,31,40H,1,12-13,16,18-19H2,2-4H3,(H,37,41)(H,38,43)/t22-,24+,29+,31+,35-/m1/s1. The number of aliphatic hydroxyl groups is 1. The van der Waals surface area contributed by atoms with Gasteiger partial charge in [0.2, 0.25) is 15.9 Å². The predicted molar refractivity (Wildman–Crippen MR) is 178 cm³/mol. The van der Waals surface area contributed by atoms with Crippen molar-refractivity contribution in [1.82, 2.24) is 19.9 Å². The van der Waals surface area contributed by atoms with Crippen LogP contribution < -0.4 is 19.5 Å². The lowest BCUT2D eigenvalue weighted by molar-refractivity contribution is -0.147. The van der Waals surface area contributed by atoms with Crippen LogP contribution in [0.4, 0.5) is 0 Å². The van der Waals surface area contributed by atoms with Gasteiger partial charge in [-0.1, -0.05) is 50.3 Å². The molecule has 3 N–H and O–H groups in total. The van der Waals surface area contributed by atoms with E-state index in [2.05, 4.69) is 16.6 Å². The first-order valence-corrected chi connectivity index (χ1v) is 17.6. The smallest absolute Gasteiger partial charge is 0.259 e. The summed E-state index contributed by atoms with van der Waals surface area (Å²) in [5.74, 6) is -1.94. The van der Waals surface area contributed by atoms with Crippen LogP contribution >= 0.6 is 0 Å². The highest BCUT2D eigenvalue weighted by Crippen LogP contribution is 2.45. The molecule has 1 aliphatic heterocycles. The number of aromatic nitrogens is 1. The summed E-state index contributed by atoms with van der Waals surface area (Å²) in [7, 11) is -2.30. The molecular formula is C35H40N4O8S. The van der Waals surface area contributed by atoms with Gasteiger partial charge in [-0.15, -0.1) is 6.58 Å². The minimum atomic E-state index is -3.87. The van der Waals surface area contributed by atoms with Crippen molar-refractivity contribution in [3.63, 3.8) is 0 Å². The Morgan fingerprint density at radius 3 is 2.48 bits per heavy atom. The molecule has 2 saturated carbocycles. The van der Waals surface area contributed by atoms with Crippen molar-refractivity contribution in [2.75, 3.05) is 13.7 Å². The van der Waals surface area contributed by atoms with E-state index in [1.54, 1.807) is 33.1 Å². The summed E-state index contributed by atoms with van der Waals surface area (Å²) in [5.41, 5.74) is 0.622. The van der Waals surface area contributed by atoms with E-state index in [1.165, 1.54) is 11.0 Å². The van der Waals surface area contributed by atoms with Crippen molar-refractivity contribution in [2.45, 2.75) is 68.6 Å². The first-order valence-electron chi connectivity index (χ1n) is 16.1. The molecule has 3 amide bonds. The molecule has 48 heavy (non-hydrogen) atoms. The minimum absolute atomic E-state index is 0.0124. The van der Waals surface area contributed by atoms with Crippen molar-refractivity contribution in [3.05, 3.63) is 67.3 Å². The minimum Gasteiger partial charge on any atom is -0.497 e. The van der Waals surface area contributed by atoms with Crippen LogP contribution in [0.2, 0.25) is 0 Å². The van der Waals surface area contributed by atoms with E-state index in [0.29, 0.717) is 40.9 Å². The molecule has 0 radical (unpaired) electrons. The zero-order valence-electron chi connectivity index (χ0n) is 27.1. The van der Waals surface area contributed by atoms with E-state index in [-0.39, 0.29) is 19.4 Å². The molecule has 3 aromatic rings. The highest BCUT2D eigenvalue weighted by molar-refractivity contribution is 7.91. The third-order valence-corrected chi connectivity index (χ3v) is 11.1. The Balaban J connectivity index is 1.29. The van der Waals surface area contributed by atoms with Crippen LogP contribution in [-0.2, 0) is 24.4 Å². The van der Waals surface area contributed by atoms with Gasteiger partial charge in [-0.25, -0.2) is 13.4 Å². The average molecular weight is 677 g/mol. The summed E-state index contributed by atoms with van der Waals surface area (Å²) < 4.78 is 39.3. The molecular weight excluding hydrogens is 636 g/mol. The van der Waals surface area contributed by atoms with Crippen LogP contribution in [0, 0.1) is 11.8 Å². The van der Waals surface area contributed by atoms with E-state index in [0.717, 1.165) is 5.56 Å². The third kappa shape index (κ3) is 6.48. The third-order valence-electron chi connectivity index (χ3n) is 9.32. The summed E-state index contributed by atoms with van der Waals surface area (Å²) in [4.78, 5) is 47.0. The van der Waals surface area contributed by atoms with Crippen molar-refractivity contribution in [3.8, 4) is 22.8 Å². The normalized spacial score (nSPS) is 24.2. The number of nitrogens with zero attached hydrogens (tertiary/aromatic N) is 2. The molecule has 2 aliphatic carbocycles. The number of likely N-dealkylation sites (tertiary alicyclic amines) is 1. The quantitative estimate of drug-likeness (QED) is 0.245.